The molecule has 1 aromatic carbocycles. The van der Waals surface area contributed by atoms with Crippen molar-refractivity contribution in [3.63, 3.8) is 0 Å². The fourth-order valence-electron chi connectivity index (χ4n) is 4.24. The van der Waals surface area contributed by atoms with E-state index in [1.807, 2.05) is 30.3 Å². The normalized spacial score (nSPS) is 22.8. The van der Waals surface area contributed by atoms with Gasteiger partial charge in [0.25, 0.3) is 11.8 Å². The average Bonchev–Trinajstić information content (AvgIpc) is 3.34. The number of morpholine rings is 1. The summed E-state index contributed by atoms with van der Waals surface area (Å²) in [5, 5.41) is 1.47. The Bertz CT molecular complexity index is 1050. The summed E-state index contributed by atoms with van der Waals surface area (Å²) in [7, 11) is 0. The van der Waals surface area contributed by atoms with Gasteiger partial charge in [-0.05, 0) is 18.4 Å². The van der Waals surface area contributed by atoms with Gasteiger partial charge in [-0.3, -0.25) is 14.4 Å². The highest BCUT2D eigenvalue weighted by Crippen LogP contribution is 2.28. The number of carbonyl (C=O) groups is 2. The van der Waals surface area contributed by atoms with Crippen molar-refractivity contribution in [2.24, 2.45) is 0 Å². The number of aromatic nitrogens is 1. The molecule has 0 spiro atoms. The standard InChI is InChI=1S/C22H23N3O6/c26-16-8-9-24-19(20(16)31-13-15-5-2-1-3-6-15)22(28)23-10-12-29-14-18(23)25(24)21(27)17-7-4-11-30-17/h1-3,5-6,8-9,17-18H,4,7,10-14H2/t17-,18+/m1/s1. The van der Waals surface area contributed by atoms with Crippen LogP contribution in [-0.4, -0.2) is 60.0 Å². The third-order valence-electron chi connectivity index (χ3n) is 5.77. The Hall–Kier alpha value is -3.17. The fourth-order valence-corrected chi connectivity index (χ4v) is 4.24. The van der Waals surface area contributed by atoms with E-state index in [4.69, 9.17) is 14.2 Å². The van der Waals surface area contributed by atoms with Crippen molar-refractivity contribution in [2.75, 3.05) is 31.4 Å². The first kappa shape index (κ1) is 19.8. The van der Waals surface area contributed by atoms with Crippen molar-refractivity contribution < 1.29 is 23.8 Å². The molecule has 0 N–H and O–H groups in total. The first-order valence-corrected chi connectivity index (χ1v) is 10.4. The summed E-state index contributed by atoms with van der Waals surface area (Å²) < 4.78 is 18.5. The molecule has 3 aliphatic rings. The van der Waals surface area contributed by atoms with Gasteiger partial charge in [0.1, 0.15) is 12.7 Å². The van der Waals surface area contributed by atoms with Gasteiger partial charge >= 0.3 is 0 Å². The lowest BCUT2D eigenvalue weighted by molar-refractivity contribution is -0.132. The number of nitrogens with zero attached hydrogens (tertiary/aromatic N) is 3. The lowest BCUT2D eigenvalue weighted by Gasteiger charge is -2.47. The van der Waals surface area contributed by atoms with E-state index in [1.165, 1.54) is 21.9 Å². The molecule has 9 heteroatoms. The smallest absolute Gasteiger partial charge is 0.278 e. The fraction of sp³-hybridized carbons (Fsp3) is 0.409. The summed E-state index contributed by atoms with van der Waals surface area (Å²) in [5.74, 6) is -0.679. The van der Waals surface area contributed by atoms with Gasteiger partial charge < -0.3 is 19.1 Å². The molecule has 2 saturated heterocycles. The molecule has 3 aliphatic heterocycles. The molecule has 5 rings (SSSR count). The van der Waals surface area contributed by atoms with Crippen molar-refractivity contribution >= 4 is 11.8 Å². The maximum atomic E-state index is 13.4. The van der Waals surface area contributed by atoms with Crippen molar-refractivity contribution in [3.8, 4) is 5.75 Å². The molecule has 2 fully saturated rings. The summed E-state index contributed by atoms with van der Waals surface area (Å²) in [4.78, 5) is 41.0. The molecule has 0 aliphatic carbocycles. The maximum Gasteiger partial charge on any atom is 0.278 e. The van der Waals surface area contributed by atoms with E-state index < -0.39 is 17.7 Å². The minimum absolute atomic E-state index is 0.0490. The lowest BCUT2D eigenvalue weighted by Crippen LogP contribution is -2.68. The Morgan fingerprint density at radius 3 is 2.74 bits per heavy atom. The number of ether oxygens (including phenoxy) is 3. The van der Waals surface area contributed by atoms with E-state index in [0.29, 0.717) is 26.2 Å². The van der Waals surface area contributed by atoms with Gasteiger partial charge in [-0.25, -0.2) is 9.69 Å². The molecule has 1 aromatic heterocycles. The molecule has 4 heterocycles. The highest BCUT2D eigenvalue weighted by atomic mass is 16.5. The molecule has 2 atom stereocenters. The highest BCUT2D eigenvalue weighted by Gasteiger charge is 2.46. The number of rotatable bonds is 4. The largest absolute Gasteiger partial charge is 0.482 e. The Balaban J connectivity index is 1.57. The molecule has 2 aromatic rings. The van der Waals surface area contributed by atoms with Gasteiger partial charge in [-0.1, -0.05) is 30.3 Å². The molecule has 0 saturated carbocycles. The number of fused-ring (bicyclic) bond motifs is 2. The van der Waals surface area contributed by atoms with Crippen LogP contribution in [0.4, 0.5) is 0 Å². The third kappa shape index (κ3) is 3.49. The Labute approximate surface area is 178 Å². The minimum Gasteiger partial charge on any atom is -0.482 e. The van der Waals surface area contributed by atoms with Crippen molar-refractivity contribution in [1.29, 1.82) is 0 Å². The number of hydrogen-bond acceptors (Lipinski definition) is 6. The van der Waals surface area contributed by atoms with Gasteiger partial charge in [-0.2, -0.15) is 0 Å². The lowest BCUT2D eigenvalue weighted by atomic mass is 10.1. The molecule has 0 unspecified atom stereocenters. The average molecular weight is 425 g/mol. The monoisotopic (exact) mass is 425 g/mol. The molecule has 0 bridgehead atoms. The summed E-state index contributed by atoms with van der Waals surface area (Å²) in [6.07, 6.45) is 1.68. The van der Waals surface area contributed by atoms with Gasteiger partial charge in [0.05, 0.1) is 13.2 Å². The number of hydrogen-bond donors (Lipinski definition) is 0. The van der Waals surface area contributed by atoms with E-state index in [-0.39, 0.29) is 36.5 Å². The van der Waals surface area contributed by atoms with Crippen LogP contribution in [0.15, 0.2) is 47.4 Å². The van der Waals surface area contributed by atoms with Crippen molar-refractivity contribution in [2.45, 2.75) is 31.7 Å². The second kappa shape index (κ2) is 8.16. The van der Waals surface area contributed by atoms with E-state index >= 15 is 0 Å². The van der Waals surface area contributed by atoms with Crippen molar-refractivity contribution in [1.82, 2.24) is 9.58 Å². The topological polar surface area (TPSA) is 90.3 Å². The Kier molecular flexibility index (Phi) is 5.21. The Morgan fingerprint density at radius 1 is 1.13 bits per heavy atom. The van der Waals surface area contributed by atoms with Gasteiger partial charge in [0.15, 0.2) is 17.6 Å². The van der Waals surface area contributed by atoms with Gasteiger partial charge in [-0.15, -0.1) is 0 Å². The van der Waals surface area contributed by atoms with Crippen LogP contribution in [-0.2, 0) is 20.9 Å². The van der Waals surface area contributed by atoms with Crippen LogP contribution >= 0.6 is 0 Å². The van der Waals surface area contributed by atoms with Crippen LogP contribution in [0.5, 0.6) is 5.75 Å². The molecule has 2 amide bonds. The van der Waals surface area contributed by atoms with E-state index in [2.05, 4.69) is 0 Å². The van der Waals surface area contributed by atoms with Crippen LogP contribution in [0.2, 0.25) is 0 Å². The second-order valence-electron chi connectivity index (χ2n) is 7.72. The quantitative estimate of drug-likeness (QED) is 0.723. The van der Waals surface area contributed by atoms with Crippen LogP contribution in [0.1, 0.15) is 28.9 Å². The second-order valence-corrected chi connectivity index (χ2v) is 7.72. The number of carbonyl (C=O) groups excluding carboxylic acids is 2. The van der Waals surface area contributed by atoms with Crippen LogP contribution in [0.25, 0.3) is 0 Å². The molecule has 9 nitrogen and oxygen atoms in total. The zero-order valence-electron chi connectivity index (χ0n) is 16.9. The van der Waals surface area contributed by atoms with Crippen LogP contribution in [0.3, 0.4) is 0 Å². The zero-order valence-corrected chi connectivity index (χ0v) is 16.9. The Morgan fingerprint density at radius 2 is 1.97 bits per heavy atom. The SMILES string of the molecule is O=C1c2c(OCc3ccccc3)c(=O)ccn2N(C(=O)[C@H]2CCCO2)[C@H]2COCCN12. The highest BCUT2D eigenvalue weighted by molar-refractivity contribution is 6.00. The minimum atomic E-state index is -0.602. The zero-order chi connectivity index (χ0) is 21.4. The van der Waals surface area contributed by atoms with Crippen LogP contribution < -0.4 is 15.2 Å². The summed E-state index contributed by atoms with van der Waals surface area (Å²) in [5.41, 5.74) is 0.504. The number of amides is 2. The molecular formula is C22H23N3O6. The van der Waals surface area contributed by atoms with E-state index in [0.717, 1.165) is 12.0 Å². The number of benzene rings is 1. The third-order valence-corrected chi connectivity index (χ3v) is 5.77. The van der Waals surface area contributed by atoms with E-state index in [9.17, 15) is 14.4 Å². The van der Waals surface area contributed by atoms with Crippen LogP contribution in [0, 0.1) is 0 Å². The predicted molar refractivity (Wildman–Crippen MR) is 109 cm³/mol. The van der Waals surface area contributed by atoms with E-state index in [1.54, 1.807) is 4.90 Å². The number of pyridine rings is 1. The van der Waals surface area contributed by atoms with Gasteiger partial charge in [0.2, 0.25) is 5.43 Å². The predicted octanol–water partition coefficient (Wildman–Crippen LogP) is 0.883. The summed E-state index contributed by atoms with van der Waals surface area (Å²) >= 11 is 0. The molecular weight excluding hydrogens is 402 g/mol. The first-order valence-electron chi connectivity index (χ1n) is 10.4. The summed E-state index contributed by atoms with van der Waals surface area (Å²) in [6.45, 7) is 1.53. The molecule has 31 heavy (non-hydrogen) atoms. The molecule has 0 radical (unpaired) electrons. The summed E-state index contributed by atoms with van der Waals surface area (Å²) in [6, 6.07) is 10.7. The van der Waals surface area contributed by atoms with Gasteiger partial charge in [0, 0.05) is 25.4 Å². The first-order chi connectivity index (χ1) is 15.1. The van der Waals surface area contributed by atoms with Crippen molar-refractivity contribution in [3.05, 3.63) is 64.1 Å². The maximum absolute atomic E-state index is 13.4. The molecule has 162 valence electrons.